The van der Waals surface area contributed by atoms with Crippen LogP contribution in [0.5, 0.6) is 0 Å². The fourth-order valence-electron chi connectivity index (χ4n) is 7.54. The molecule has 0 saturated heterocycles. The van der Waals surface area contributed by atoms with E-state index in [1.54, 1.807) is 0 Å². The van der Waals surface area contributed by atoms with Crippen LogP contribution in [0.4, 0.5) is 0 Å². The molecular weight excluding hydrogens is 805 g/mol. The third-order valence-electron chi connectivity index (χ3n) is 11.7. The highest BCUT2D eigenvalue weighted by molar-refractivity contribution is 5.71. The van der Waals surface area contributed by atoms with Gasteiger partial charge in [-0.15, -0.1) is 0 Å². The summed E-state index contributed by atoms with van der Waals surface area (Å²) in [4.78, 5) is 38.1. The van der Waals surface area contributed by atoms with Gasteiger partial charge in [0.25, 0.3) is 0 Å². The third-order valence-corrected chi connectivity index (χ3v) is 11.7. The number of allylic oxidation sites excluding steroid dienone is 12. The highest BCUT2D eigenvalue weighted by Crippen LogP contribution is 2.14. The fourth-order valence-corrected chi connectivity index (χ4v) is 7.54. The van der Waals surface area contributed by atoms with E-state index in [9.17, 15) is 14.4 Å². The maximum Gasteiger partial charge on any atom is 0.306 e. The minimum atomic E-state index is -0.791. The van der Waals surface area contributed by atoms with Crippen molar-refractivity contribution in [2.75, 3.05) is 13.2 Å². The molecule has 0 spiro atoms. The lowest BCUT2D eigenvalue weighted by molar-refractivity contribution is -0.167. The lowest BCUT2D eigenvalue weighted by Gasteiger charge is -2.18. The molecule has 0 aromatic heterocycles. The Morgan fingerprint density at radius 1 is 0.323 bits per heavy atom. The van der Waals surface area contributed by atoms with Gasteiger partial charge >= 0.3 is 17.9 Å². The minimum Gasteiger partial charge on any atom is -0.462 e. The average molecular weight is 907 g/mol. The Balaban J connectivity index is 4.42. The van der Waals surface area contributed by atoms with Crippen molar-refractivity contribution in [1.29, 1.82) is 0 Å². The van der Waals surface area contributed by atoms with Crippen LogP contribution in [-0.4, -0.2) is 37.2 Å². The first-order chi connectivity index (χ1) is 32.0. The topological polar surface area (TPSA) is 78.9 Å². The van der Waals surface area contributed by atoms with Crippen LogP contribution in [0.2, 0.25) is 0 Å². The zero-order valence-corrected chi connectivity index (χ0v) is 42.7. The molecule has 6 heteroatoms. The van der Waals surface area contributed by atoms with E-state index >= 15 is 0 Å². The summed E-state index contributed by atoms with van der Waals surface area (Å²) in [6.07, 6.45) is 67.4. The van der Waals surface area contributed by atoms with Gasteiger partial charge in [-0.1, -0.05) is 209 Å². The molecule has 1 unspecified atom stereocenters. The van der Waals surface area contributed by atoms with E-state index in [0.29, 0.717) is 19.3 Å². The molecule has 0 bridgehead atoms. The first kappa shape index (κ1) is 61.9. The third kappa shape index (κ3) is 51.7. The summed E-state index contributed by atoms with van der Waals surface area (Å²) in [5.74, 6) is -0.917. The summed E-state index contributed by atoms with van der Waals surface area (Å²) in [5, 5.41) is 0. The Labute approximate surface area is 402 Å². The SMILES string of the molecule is CC/C=C\C/C=C\C/C=C\CCCCCCCC(=O)OC(COC(=O)CCCCCCC/C=C\CCCCCCC)COC(=O)CCCCCCCCC/C=C\C/C=C\CCCCCC. The lowest BCUT2D eigenvalue weighted by Crippen LogP contribution is -2.30. The second-order valence-electron chi connectivity index (χ2n) is 18.1. The Hall–Kier alpha value is -3.15. The largest absolute Gasteiger partial charge is 0.462 e. The summed E-state index contributed by atoms with van der Waals surface area (Å²) in [6.45, 7) is 6.48. The van der Waals surface area contributed by atoms with Crippen LogP contribution in [0.3, 0.4) is 0 Å². The first-order valence-corrected chi connectivity index (χ1v) is 27.4. The minimum absolute atomic E-state index is 0.0891. The predicted octanol–water partition coefficient (Wildman–Crippen LogP) is 18.2. The molecule has 0 aromatic carbocycles. The molecule has 6 nitrogen and oxygen atoms in total. The molecule has 0 rings (SSSR count). The zero-order valence-electron chi connectivity index (χ0n) is 42.7. The number of carbonyl (C=O) groups excluding carboxylic acids is 3. The molecule has 0 aromatic rings. The second kappa shape index (κ2) is 53.5. The molecule has 0 radical (unpaired) electrons. The molecule has 1 atom stereocenters. The molecule has 0 aliphatic heterocycles. The van der Waals surface area contributed by atoms with Crippen LogP contribution >= 0.6 is 0 Å². The number of carbonyl (C=O) groups is 3. The smallest absolute Gasteiger partial charge is 0.306 e. The van der Waals surface area contributed by atoms with Crippen LogP contribution < -0.4 is 0 Å². The predicted molar refractivity (Wildman–Crippen MR) is 279 cm³/mol. The standard InChI is InChI=1S/C59H102O6/c1-4-7-10-13-16-19-22-25-28-29-30-32-34-37-40-43-46-49-52-58(61)64-55-56(54-63-57(60)51-48-45-42-39-36-33-27-24-21-18-15-12-9-6-3)65-59(62)53-50-47-44-41-38-35-31-26-23-20-17-14-11-8-5-2/h8,11,17,19-20,22,24,26-29,31,56H,4-7,9-10,12-16,18,21,23,25,30,32-55H2,1-3H3/b11-8-,20-17-,22-19-,27-24-,29-28-,31-26-. The molecule has 0 aliphatic rings. The van der Waals surface area contributed by atoms with Gasteiger partial charge in [-0.25, -0.2) is 0 Å². The Morgan fingerprint density at radius 2 is 0.600 bits per heavy atom. The molecule has 0 heterocycles. The maximum atomic E-state index is 12.8. The Morgan fingerprint density at radius 3 is 0.969 bits per heavy atom. The van der Waals surface area contributed by atoms with Crippen molar-refractivity contribution < 1.29 is 28.6 Å². The molecule has 0 N–H and O–H groups in total. The van der Waals surface area contributed by atoms with Crippen LogP contribution in [0.25, 0.3) is 0 Å². The van der Waals surface area contributed by atoms with E-state index < -0.39 is 6.10 Å². The van der Waals surface area contributed by atoms with Crippen LogP contribution in [0, 0.1) is 0 Å². The summed E-state index contributed by atoms with van der Waals surface area (Å²) in [6, 6.07) is 0. The normalized spacial score (nSPS) is 12.6. The van der Waals surface area contributed by atoms with E-state index in [4.69, 9.17) is 14.2 Å². The highest BCUT2D eigenvalue weighted by Gasteiger charge is 2.19. The molecular formula is C59H102O6. The van der Waals surface area contributed by atoms with Crippen molar-refractivity contribution in [3.8, 4) is 0 Å². The zero-order chi connectivity index (χ0) is 47.2. The van der Waals surface area contributed by atoms with Crippen LogP contribution in [-0.2, 0) is 28.6 Å². The number of esters is 3. The fraction of sp³-hybridized carbons (Fsp3) is 0.746. The summed E-state index contributed by atoms with van der Waals surface area (Å²) >= 11 is 0. The average Bonchev–Trinajstić information content (AvgIpc) is 3.30. The number of unbranched alkanes of at least 4 members (excludes halogenated alkanes) is 26. The van der Waals surface area contributed by atoms with Gasteiger partial charge in [-0.05, 0) is 109 Å². The summed E-state index contributed by atoms with van der Waals surface area (Å²) in [5.41, 5.74) is 0. The van der Waals surface area contributed by atoms with Crippen LogP contribution in [0.15, 0.2) is 72.9 Å². The van der Waals surface area contributed by atoms with Crippen molar-refractivity contribution in [1.82, 2.24) is 0 Å². The van der Waals surface area contributed by atoms with Gasteiger partial charge in [0.05, 0.1) is 0 Å². The van der Waals surface area contributed by atoms with E-state index in [1.165, 1.54) is 109 Å². The Kier molecular flexibility index (Phi) is 50.9. The number of hydrogen-bond donors (Lipinski definition) is 0. The first-order valence-electron chi connectivity index (χ1n) is 27.4. The Bertz CT molecular complexity index is 1230. The molecule has 0 saturated carbocycles. The molecule has 0 fully saturated rings. The molecule has 0 amide bonds. The molecule has 374 valence electrons. The summed E-state index contributed by atoms with van der Waals surface area (Å²) in [7, 11) is 0. The van der Waals surface area contributed by atoms with E-state index in [2.05, 4.69) is 93.7 Å². The molecule has 0 aliphatic carbocycles. The van der Waals surface area contributed by atoms with E-state index in [-0.39, 0.29) is 31.1 Å². The van der Waals surface area contributed by atoms with Gasteiger partial charge in [0.15, 0.2) is 6.10 Å². The van der Waals surface area contributed by atoms with Gasteiger partial charge < -0.3 is 14.2 Å². The quantitative estimate of drug-likeness (QED) is 0.0262. The van der Waals surface area contributed by atoms with E-state index in [0.717, 1.165) is 116 Å². The van der Waals surface area contributed by atoms with Crippen LogP contribution in [0.1, 0.15) is 265 Å². The van der Waals surface area contributed by atoms with Crippen molar-refractivity contribution in [3.63, 3.8) is 0 Å². The molecule has 65 heavy (non-hydrogen) atoms. The highest BCUT2D eigenvalue weighted by atomic mass is 16.6. The lowest BCUT2D eigenvalue weighted by atomic mass is 10.1. The van der Waals surface area contributed by atoms with Gasteiger partial charge in [-0.3, -0.25) is 14.4 Å². The van der Waals surface area contributed by atoms with Gasteiger partial charge in [-0.2, -0.15) is 0 Å². The van der Waals surface area contributed by atoms with Crippen molar-refractivity contribution in [3.05, 3.63) is 72.9 Å². The van der Waals surface area contributed by atoms with E-state index in [1.807, 2.05) is 0 Å². The summed E-state index contributed by atoms with van der Waals surface area (Å²) < 4.78 is 16.8. The monoisotopic (exact) mass is 907 g/mol. The van der Waals surface area contributed by atoms with Crippen molar-refractivity contribution in [2.24, 2.45) is 0 Å². The number of ether oxygens (including phenoxy) is 3. The van der Waals surface area contributed by atoms with Crippen molar-refractivity contribution >= 4 is 17.9 Å². The maximum absolute atomic E-state index is 12.8. The number of hydrogen-bond acceptors (Lipinski definition) is 6. The second-order valence-corrected chi connectivity index (χ2v) is 18.1. The van der Waals surface area contributed by atoms with Gasteiger partial charge in [0.1, 0.15) is 13.2 Å². The van der Waals surface area contributed by atoms with Gasteiger partial charge in [0.2, 0.25) is 0 Å². The van der Waals surface area contributed by atoms with Gasteiger partial charge in [0, 0.05) is 19.3 Å². The van der Waals surface area contributed by atoms with Crippen molar-refractivity contribution in [2.45, 2.75) is 271 Å². The number of rotatable bonds is 49.